The Labute approximate surface area is 168 Å². The van der Waals surface area contributed by atoms with Gasteiger partial charge in [0.2, 0.25) is 15.9 Å². The zero-order chi connectivity index (χ0) is 20.7. The van der Waals surface area contributed by atoms with Crippen LogP contribution in [0.1, 0.15) is 43.9 Å². The van der Waals surface area contributed by atoms with E-state index in [1.165, 1.54) is 0 Å². The number of aryl methyl sites for hydroxylation is 3. The summed E-state index contributed by atoms with van der Waals surface area (Å²) in [6.45, 7) is 8.37. The van der Waals surface area contributed by atoms with Crippen molar-refractivity contribution in [2.75, 3.05) is 11.9 Å². The number of benzene rings is 2. The van der Waals surface area contributed by atoms with E-state index in [4.69, 9.17) is 0 Å². The summed E-state index contributed by atoms with van der Waals surface area (Å²) in [6, 6.07) is 12.7. The lowest BCUT2D eigenvalue weighted by atomic mass is 10.1. The lowest BCUT2D eigenvalue weighted by molar-refractivity contribution is -0.116. The SMILES string of the molecule is CCc1cccc(C)c1NC(=O)CCc1ccc(S(=O)(=O)NCC(C)C)cc1. The number of carbonyl (C=O) groups excluding carboxylic acids is 1. The van der Waals surface area contributed by atoms with Crippen LogP contribution in [-0.2, 0) is 27.7 Å². The molecule has 0 atom stereocenters. The molecular formula is C22H30N2O3S. The quantitative estimate of drug-likeness (QED) is 0.664. The van der Waals surface area contributed by atoms with Crippen molar-refractivity contribution in [1.82, 2.24) is 4.72 Å². The molecule has 0 spiro atoms. The number of nitrogens with one attached hydrogen (secondary N) is 2. The van der Waals surface area contributed by atoms with E-state index in [0.717, 1.165) is 28.8 Å². The Hall–Kier alpha value is -2.18. The van der Waals surface area contributed by atoms with E-state index in [1.54, 1.807) is 24.3 Å². The summed E-state index contributed by atoms with van der Waals surface area (Å²) < 4.78 is 27.1. The number of amides is 1. The van der Waals surface area contributed by atoms with Crippen molar-refractivity contribution in [1.29, 1.82) is 0 Å². The Morgan fingerprint density at radius 3 is 2.36 bits per heavy atom. The first-order valence-electron chi connectivity index (χ1n) is 9.70. The number of hydrogen-bond acceptors (Lipinski definition) is 3. The van der Waals surface area contributed by atoms with Crippen molar-refractivity contribution >= 4 is 21.6 Å². The Bertz CT molecular complexity index is 904. The minimum atomic E-state index is -3.49. The van der Waals surface area contributed by atoms with Gasteiger partial charge in [-0.3, -0.25) is 4.79 Å². The van der Waals surface area contributed by atoms with E-state index >= 15 is 0 Å². The Kier molecular flexibility index (Phi) is 7.78. The van der Waals surface area contributed by atoms with Crippen LogP contribution in [0.2, 0.25) is 0 Å². The molecule has 0 aliphatic carbocycles. The zero-order valence-corrected chi connectivity index (χ0v) is 17.9. The van der Waals surface area contributed by atoms with Gasteiger partial charge in [0.15, 0.2) is 0 Å². The van der Waals surface area contributed by atoms with Crippen molar-refractivity contribution in [3.8, 4) is 0 Å². The monoisotopic (exact) mass is 402 g/mol. The molecule has 0 aliphatic rings. The number of carbonyl (C=O) groups is 1. The van der Waals surface area contributed by atoms with Gasteiger partial charge < -0.3 is 5.32 Å². The predicted molar refractivity (Wildman–Crippen MR) is 114 cm³/mol. The van der Waals surface area contributed by atoms with Gasteiger partial charge in [-0.05, 0) is 54.5 Å². The highest BCUT2D eigenvalue weighted by Crippen LogP contribution is 2.21. The molecule has 0 saturated heterocycles. The van der Waals surface area contributed by atoms with Crippen LogP contribution in [0.4, 0.5) is 5.69 Å². The van der Waals surface area contributed by atoms with E-state index < -0.39 is 10.0 Å². The minimum absolute atomic E-state index is 0.0423. The van der Waals surface area contributed by atoms with Gasteiger partial charge in [-0.2, -0.15) is 0 Å². The molecule has 0 heterocycles. The number of rotatable bonds is 9. The topological polar surface area (TPSA) is 75.3 Å². The predicted octanol–water partition coefficient (Wildman–Crippen LogP) is 4.06. The van der Waals surface area contributed by atoms with E-state index in [0.29, 0.717) is 19.4 Å². The molecule has 0 fully saturated rings. The Balaban J connectivity index is 1.96. The zero-order valence-electron chi connectivity index (χ0n) is 17.1. The summed E-state index contributed by atoms with van der Waals surface area (Å²) in [5, 5.41) is 3.02. The lowest BCUT2D eigenvalue weighted by Crippen LogP contribution is -2.27. The third-order valence-corrected chi connectivity index (χ3v) is 6.00. The highest BCUT2D eigenvalue weighted by molar-refractivity contribution is 7.89. The van der Waals surface area contributed by atoms with Crippen molar-refractivity contribution in [3.05, 3.63) is 59.2 Å². The smallest absolute Gasteiger partial charge is 0.240 e. The van der Waals surface area contributed by atoms with Gasteiger partial charge in [-0.1, -0.05) is 51.1 Å². The molecule has 28 heavy (non-hydrogen) atoms. The van der Waals surface area contributed by atoms with Crippen LogP contribution in [-0.4, -0.2) is 20.9 Å². The maximum Gasteiger partial charge on any atom is 0.240 e. The second kappa shape index (κ2) is 9.85. The maximum absolute atomic E-state index is 12.4. The molecule has 5 nitrogen and oxygen atoms in total. The van der Waals surface area contributed by atoms with Gasteiger partial charge in [0.1, 0.15) is 0 Å². The summed E-state index contributed by atoms with van der Waals surface area (Å²) in [5.41, 5.74) is 4.00. The lowest BCUT2D eigenvalue weighted by Gasteiger charge is -2.13. The van der Waals surface area contributed by atoms with Crippen LogP contribution < -0.4 is 10.0 Å². The van der Waals surface area contributed by atoms with Crippen LogP contribution in [0.15, 0.2) is 47.4 Å². The molecule has 152 valence electrons. The molecule has 0 bridgehead atoms. The highest BCUT2D eigenvalue weighted by atomic mass is 32.2. The molecule has 2 aromatic carbocycles. The van der Waals surface area contributed by atoms with Crippen LogP contribution in [0.25, 0.3) is 0 Å². The fourth-order valence-electron chi connectivity index (χ4n) is 2.86. The summed E-state index contributed by atoms with van der Waals surface area (Å²) in [6.07, 6.45) is 1.76. The first-order chi connectivity index (χ1) is 13.2. The second-order valence-electron chi connectivity index (χ2n) is 7.40. The molecule has 2 N–H and O–H groups in total. The molecule has 0 aliphatic heterocycles. The van der Waals surface area contributed by atoms with Crippen molar-refractivity contribution in [2.45, 2.75) is 51.9 Å². The maximum atomic E-state index is 12.4. The number of hydrogen-bond donors (Lipinski definition) is 2. The van der Waals surface area contributed by atoms with Crippen LogP contribution >= 0.6 is 0 Å². The van der Waals surface area contributed by atoms with E-state index in [-0.39, 0.29) is 16.7 Å². The van der Waals surface area contributed by atoms with Crippen LogP contribution in [0.5, 0.6) is 0 Å². The van der Waals surface area contributed by atoms with Gasteiger partial charge in [0, 0.05) is 18.7 Å². The fourth-order valence-corrected chi connectivity index (χ4v) is 4.07. The largest absolute Gasteiger partial charge is 0.326 e. The van der Waals surface area contributed by atoms with E-state index in [1.807, 2.05) is 39.0 Å². The van der Waals surface area contributed by atoms with Crippen molar-refractivity contribution < 1.29 is 13.2 Å². The molecule has 6 heteroatoms. The average molecular weight is 403 g/mol. The molecule has 2 aromatic rings. The summed E-state index contributed by atoms with van der Waals surface area (Å²) in [5.74, 6) is 0.202. The summed E-state index contributed by atoms with van der Waals surface area (Å²) in [7, 11) is -3.49. The molecule has 0 radical (unpaired) electrons. The number of para-hydroxylation sites is 1. The summed E-state index contributed by atoms with van der Waals surface area (Å²) >= 11 is 0. The average Bonchev–Trinajstić information content (AvgIpc) is 2.67. The molecule has 0 aromatic heterocycles. The third kappa shape index (κ3) is 6.17. The van der Waals surface area contributed by atoms with Crippen molar-refractivity contribution in [2.24, 2.45) is 5.92 Å². The molecule has 2 rings (SSSR count). The first-order valence-corrected chi connectivity index (χ1v) is 11.2. The molecule has 0 saturated carbocycles. The highest BCUT2D eigenvalue weighted by Gasteiger charge is 2.14. The third-order valence-electron chi connectivity index (χ3n) is 4.56. The first kappa shape index (κ1) is 22.1. The Morgan fingerprint density at radius 2 is 1.75 bits per heavy atom. The standard InChI is InChI=1S/C22H30N2O3S/c1-5-19-8-6-7-17(4)22(19)24-21(25)14-11-18-9-12-20(13-10-18)28(26,27)23-15-16(2)3/h6-10,12-13,16,23H,5,11,14-15H2,1-4H3,(H,24,25). The fraction of sp³-hybridized carbons (Fsp3) is 0.409. The second-order valence-corrected chi connectivity index (χ2v) is 9.17. The van der Waals surface area contributed by atoms with Crippen molar-refractivity contribution in [3.63, 3.8) is 0 Å². The van der Waals surface area contributed by atoms with Gasteiger partial charge in [-0.15, -0.1) is 0 Å². The van der Waals surface area contributed by atoms with Gasteiger partial charge in [0.25, 0.3) is 0 Å². The van der Waals surface area contributed by atoms with E-state index in [2.05, 4.69) is 17.0 Å². The Morgan fingerprint density at radius 1 is 1.07 bits per heavy atom. The summed E-state index contributed by atoms with van der Waals surface area (Å²) in [4.78, 5) is 12.6. The van der Waals surface area contributed by atoms with Gasteiger partial charge in [-0.25, -0.2) is 13.1 Å². The molecule has 1 amide bonds. The van der Waals surface area contributed by atoms with Gasteiger partial charge >= 0.3 is 0 Å². The molecular weight excluding hydrogens is 372 g/mol. The van der Waals surface area contributed by atoms with Gasteiger partial charge in [0.05, 0.1) is 4.90 Å². The normalized spacial score (nSPS) is 11.6. The minimum Gasteiger partial charge on any atom is -0.326 e. The number of sulfonamides is 1. The van der Waals surface area contributed by atoms with E-state index in [9.17, 15) is 13.2 Å². The van der Waals surface area contributed by atoms with Crippen LogP contribution in [0.3, 0.4) is 0 Å². The number of anilines is 1. The van der Waals surface area contributed by atoms with Crippen LogP contribution in [0, 0.1) is 12.8 Å². The molecule has 0 unspecified atom stereocenters.